The summed E-state index contributed by atoms with van der Waals surface area (Å²) in [5.41, 5.74) is 1.64. The first-order valence-electron chi connectivity index (χ1n) is 8.47. The summed E-state index contributed by atoms with van der Waals surface area (Å²) in [7, 11) is -3.28. The van der Waals surface area contributed by atoms with Crippen molar-refractivity contribution < 1.29 is 27.9 Å². The molecule has 1 unspecified atom stereocenters. The fourth-order valence-electron chi connectivity index (χ4n) is 3.40. The summed E-state index contributed by atoms with van der Waals surface area (Å²) in [6.07, 6.45) is -0.829. The van der Waals surface area contributed by atoms with Gasteiger partial charge in [-0.2, -0.15) is 0 Å². The number of carbonyl (C=O) groups is 2. The highest BCUT2D eigenvalue weighted by atomic mass is 32.2. The number of aryl methyl sites for hydroxylation is 1. The second kappa shape index (κ2) is 6.88. The lowest BCUT2D eigenvalue weighted by Crippen LogP contribution is -2.51. The van der Waals surface area contributed by atoms with E-state index in [9.17, 15) is 18.0 Å². The summed E-state index contributed by atoms with van der Waals surface area (Å²) in [6.45, 7) is 4.21. The number of ether oxygens (including phenoxy) is 1. The third-order valence-electron chi connectivity index (χ3n) is 4.65. The lowest BCUT2D eigenvalue weighted by Gasteiger charge is -2.35. The number of sulfonamides is 1. The molecule has 2 atom stereocenters. The molecule has 142 valence electrons. The number of amides is 1. The van der Waals surface area contributed by atoms with Gasteiger partial charge >= 0.3 is 5.97 Å². The lowest BCUT2D eigenvalue weighted by molar-refractivity contribution is -0.160. The van der Waals surface area contributed by atoms with Crippen molar-refractivity contribution in [1.29, 1.82) is 0 Å². The molecule has 0 spiro atoms. The summed E-state index contributed by atoms with van der Waals surface area (Å²) < 4.78 is 30.8. The van der Waals surface area contributed by atoms with Gasteiger partial charge in [0.05, 0.1) is 24.1 Å². The van der Waals surface area contributed by atoms with Crippen molar-refractivity contribution in [2.75, 3.05) is 29.7 Å². The molecule has 0 aromatic heterocycles. The predicted octanol–water partition coefficient (Wildman–Crippen LogP) is 0.849. The first-order chi connectivity index (χ1) is 12.2. The fraction of sp³-hybridized carbons (Fsp3) is 0.529. The van der Waals surface area contributed by atoms with E-state index in [0.717, 1.165) is 0 Å². The van der Waals surface area contributed by atoms with E-state index in [2.05, 4.69) is 0 Å². The first-order valence-corrected chi connectivity index (χ1v) is 10.1. The van der Waals surface area contributed by atoms with Crippen molar-refractivity contribution in [3.63, 3.8) is 0 Å². The molecule has 1 amide bonds. The van der Waals surface area contributed by atoms with E-state index in [4.69, 9.17) is 9.84 Å². The van der Waals surface area contributed by atoms with Crippen molar-refractivity contribution >= 4 is 27.6 Å². The first kappa shape index (κ1) is 18.7. The lowest BCUT2D eigenvalue weighted by atomic mass is 10.1. The van der Waals surface area contributed by atoms with Crippen molar-refractivity contribution in [2.24, 2.45) is 0 Å². The van der Waals surface area contributed by atoms with Crippen molar-refractivity contribution in [3.8, 4) is 0 Å². The highest BCUT2D eigenvalue weighted by Gasteiger charge is 2.34. The Morgan fingerprint density at radius 3 is 2.58 bits per heavy atom. The maximum absolute atomic E-state index is 12.8. The number of carbonyl (C=O) groups excluding carboxylic acids is 1. The maximum atomic E-state index is 12.8. The molecule has 26 heavy (non-hydrogen) atoms. The topological polar surface area (TPSA) is 104 Å². The molecule has 0 radical (unpaired) electrons. The summed E-state index contributed by atoms with van der Waals surface area (Å²) in [5.74, 6) is -1.24. The van der Waals surface area contributed by atoms with Gasteiger partial charge in [0.2, 0.25) is 10.0 Å². The molecule has 0 saturated carbocycles. The van der Waals surface area contributed by atoms with Crippen LogP contribution in [0.4, 0.5) is 5.69 Å². The minimum atomic E-state index is -3.28. The molecule has 2 fully saturated rings. The molecule has 1 aromatic rings. The van der Waals surface area contributed by atoms with Gasteiger partial charge < -0.3 is 14.7 Å². The van der Waals surface area contributed by atoms with Crippen LogP contribution in [0.15, 0.2) is 18.2 Å². The Morgan fingerprint density at radius 1 is 1.27 bits per heavy atom. The van der Waals surface area contributed by atoms with Gasteiger partial charge in [-0.05, 0) is 44.0 Å². The Labute approximate surface area is 152 Å². The van der Waals surface area contributed by atoms with Gasteiger partial charge in [0.15, 0.2) is 6.10 Å². The quantitative estimate of drug-likeness (QED) is 0.831. The van der Waals surface area contributed by atoms with E-state index in [1.807, 2.05) is 0 Å². The number of carboxylic acid groups (broad SMARTS) is 1. The van der Waals surface area contributed by atoms with E-state index >= 15 is 0 Å². The summed E-state index contributed by atoms with van der Waals surface area (Å²) in [4.78, 5) is 25.5. The van der Waals surface area contributed by atoms with Gasteiger partial charge in [0, 0.05) is 18.7 Å². The Bertz CT molecular complexity index is 838. The van der Waals surface area contributed by atoms with Gasteiger partial charge in [0.25, 0.3) is 5.91 Å². The van der Waals surface area contributed by atoms with Crippen LogP contribution in [0.25, 0.3) is 0 Å². The van der Waals surface area contributed by atoms with Crippen LogP contribution in [0.1, 0.15) is 29.3 Å². The molecular weight excluding hydrogens is 360 g/mol. The number of hydrogen-bond donors (Lipinski definition) is 1. The van der Waals surface area contributed by atoms with Crippen LogP contribution in [0.5, 0.6) is 0 Å². The highest BCUT2D eigenvalue weighted by molar-refractivity contribution is 7.93. The third-order valence-corrected chi connectivity index (χ3v) is 6.52. The molecule has 1 aromatic carbocycles. The van der Waals surface area contributed by atoms with Gasteiger partial charge in [-0.3, -0.25) is 9.10 Å². The molecule has 0 aliphatic carbocycles. The standard InChI is InChI=1S/C17H22N2O6S/c1-11-8-13(19-6-3-7-26(19,23)24)4-5-14(11)16(20)18-9-12(2)25-15(10-18)17(21)22/h4-5,8,12,15H,3,6-7,9-10H2,1-2H3,(H,21,22)/t12-,15?/m1/s1. The number of rotatable bonds is 3. The second-order valence-electron chi connectivity index (χ2n) is 6.72. The molecular formula is C17H22N2O6S. The van der Waals surface area contributed by atoms with Crippen molar-refractivity contribution in [1.82, 2.24) is 4.90 Å². The number of nitrogens with zero attached hydrogens (tertiary/aromatic N) is 2. The normalized spacial score (nSPS) is 25.3. The Balaban J connectivity index is 1.83. The Hall–Kier alpha value is -2.13. The minimum Gasteiger partial charge on any atom is -0.479 e. The van der Waals surface area contributed by atoms with E-state index in [0.29, 0.717) is 36.3 Å². The average molecular weight is 382 g/mol. The van der Waals surface area contributed by atoms with Crippen LogP contribution >= 0.6 is 0 Å². The van der Waals surface area contributed by atoms with Crippen LogP contribution in [-0.4, -0.2) is 67.9 Å². The molecule has 8 nitrogen and oxygen atoms in total. The fourth-order valence-corrected chi connectivity index (χ4v) is 4.95. The van der Waals surface area contributed by atoms with Gasteiger partial charge in [-0.1, -0.05) is 0 Å². The zero-order chi connectivity index (χ0) is 19.1. The molecule has 2 heterocycles. The molecule has 1 N–H and O–H groups in total. The van der Waals surface area contributed by atoms with Gasteiger partial charge in [-0.25, -0.2) is 13.2 Å². The second-order valence-corrected chi connectivity index (χ2v) is 8.74. The molecule has 2 aliphatic heterocycles. The zero-order valence-electron chi connectivity index (χ0n) is 14.7. The number of hydrogen-bond acceptors (Lipinski definition) is 5. The Morgan fingerprint density at radius 2 is 2.00 bits per heavy atom. The monoisotopic (exact) mass is 382 g/mol. The molecule has 0 bridgehead atoms. The van der Waals surface area contributed by atoms with E-state index in [-0.39, 0.29) is 24.3 Å². The van der Waals surface area contributed by atoms with Crippen LogP contribution in [0.3, 0.4) is 0 Å². The highest BCUT2D eigenvalue weighted by Crippen LogP contribution is 2.27. The van der Waals surface area contributed by atoms with Crippen LogP contribution < -0.4 is 4.31 Å². The SMILES string of the molecule is Cc1cc(N2CCCS2(=O)=O)ccc1C(=O)N1CC(C(=O)O)O[C@H](C)C1. The van der Waals surface area contributed by atoms with Crippen LogP contribution in [0.2, 0.25) is 0 Å². The predicted molar refractivity (Wildman–Crippen MR) is 94.8 cm³/mol. The molecule has 9 heteroatoms. The summed E-state index contributed by atoms with van der Waals surface area (Å²) in [5, 5.41) is 9.16. The number of morpholine rings is 1. The van der Waals surface area contributed by atoms with Gasteiger partial charge in [-0.15, -0.1) is 0 Å². The van der Waals surface area contributed by atoms with Crippen molar-refractivity contribution in [2.45, 2.75) is 32.5 Å². The number of benzene rings is 1. The molecule has 3 rings (SSSR count). The maximum Gasteiger partial charge on any atom is 0.334 e. The van der Waals surface area contributed by atoms with E-state index < -0.39 is 22.1 Å². The number of anilines is 1. The average Bonchev–Trinajstić information content (AvgIpc) is 2.92. The molecule has 2 aliphatic rings. The van der Waals surface area contributed by atoms with E-state index in [1.165, 1.54) is 9.21 Å². The molecule has 2 saturated heterocycles. The van der Waals surface area contributed by atoms with E-state index in [1.54, 1.807) is 32.0 Å². The van der Waals surface area contributed by atoms with Crippen LogP contribution in [-0.2, 0) is 19.6 Å². The minimum absolute atomic E-state index is 0.0137. The largest absolute Gasteiger partial charge is 0.479 e. The zero-order valence-corrected chi connectivity index (χ0v) is 15.5. The van der Waals surface area contributed by atoms with Crippen molar-refractivity contribution in [3.05, 3.63) is 29.3 Å². The van der Waals surface area contributed by atoms with Crippen LogP contribution in [0, 0.1) is 6.92 Å². The summed E-state index contributed by atoms with van der Waals surface area (Å²) in [6, 6.07) is 4.92. The van der Waals surface area contributed by atoms with Gasteiger partial charge in [0.1, 0.15) is 0 Å². The smallest absolute Gasteiger partial charge is 0.334 e. The number of aliphatic carboxylic acids is 1. The third kappa shape index (κ3) is 3.54. The summed E-state index contributed by atoms with van der Waals surface area (Å²) >= 11 is 0. The Kier molecular flexibility index (Phi) is 4.94. The number of carboxylic acids is 1.